The van der Waals surface area contributed by atoms with Crippen molar-refractivity contribution < 1.29 is 15.1 Å². The summed E-state index contributed by atoms with van der Waals surface area (Å²) in [6, 6.07) is 4.42. The summed E-state index contributed by atoms with van der Waals surface area (Å²) >= 11 is 5.72. The van der Waals surface area contributed by atoms with Gasteiger partial charge in [0.25, 0.3) is 5.91 Å². The third-order valence-electron chi connectivity index (χ3n) is 2.96. The van der Waals surface area contributed by atoms with E-state index in [0.29, 0.717) is 36.7 Å². The molecule has 1 heterocycles. The van der Waals surface area contributed by atoms with E-state index in [4.69, 9.17) is 16.8 Å². The minimum Gasteiger partial charge on any atom is -0.507 e. The molecule has 1 aliphatic heterocycles. The average molecular weight is 269 g/mol. The Morgan fingerprint density at radius 3 is 2.56 bits per heavy atom. The summed E-state index contributed by atoms with van der Waals surface area (Å²) in [6.45, 7) is 0.973. The molecular formula is C12H13ClN2O3. The first kappa shape index (κ1) is 12.7. The van der Waals surface area contributed by atoms with Crippen molar-refractivity contribution in [3.63, 3.8) is 0 Å². The lowest BCUT2D eigenvalue weighted by Gasteiger charge is -2.27. The number of amides is 1. The molecule has 1 amide bonds. The SMILES string of the molecule is O=C(c1ccc(Cl)cc1O)N1CCC(=NO)CC1. The molecule has 6 heteroatoms. The third kappa shape index (κ3) is 2.56. The zero-order chi connectivity index (χ0) is 13.1. The van der Waals surface area contributed by atoms with Crippen LogP contribution in [0.2, 0.25) is 5.02 Å². The maximum Gasteiger partial charge on any atom is 0.257 e. The van der Waals surface area contributed by atoms with Crippen LogP contribution in [0, 0.1) is 0 Å². The number of carbonyl (C=O) groups excluding carboxylic acids is 1. The molecular weight excluding hydrogens is 256 g/mol. The highest BCUT2D eigenvalue weighted by Crippen LogP contribution is 2.24. The molecule has 0 radical (unpaired) electrons. The van der Waals surface area contributed by atoms with E-state index in [-0.39, 0.29) is 17.2 Å². The number of piperidine rings is 1. The van der Waals surface area contributed by atoms with Crippen LogP contribution in [0.1, 0.15) is 23.2 Å². The van der Waals surface area contributed by atoms with Gasteiger partial charge >= 0.3 is 0 Å². The molecule has 1 aromatic rings. The predicted octanol–water partition coefficient (Wildman–Crippen LogP) is 2.11. The Morgan fingerprint density at radius 1 is 1.33 bits per heavy atom. The normalized spacial score (nSPS) is 15.6. The summed E-state index contributed by atoms with van der Waals surface area (Å²) in [4.78, 5) is 13.8. The van der Waals surface area contributed by atoms with E-state index in [9.17, 15) is 9.90 Å². The first-order valence-corrected chi connectivity index (χ1v) is 5.97. The van der Waals surface area contributed by atoms with E-state index in [1.807, 2.05) is 0 Å². The van der Waals surface area contributed by atoms with Gasteiger partial charge in [0.05, 0.1) is 11.3 Å². The molecule has 5 nitrogen and oxygen atoms in total. The number of hydrogen-bond acceptors (Lipinski definition) is 4. The highest BCUT2D eigenvalue weighted by atomic mass is 35.5. The van der Waals surface area contributed by atoms with Crippen LogP contribution in [0.3, 0.4) is 0 Å². The smallest absolute Gasteiger partial charge is 0.257 e. The van der Waals surface area contributed by atoms with E-state index in [1.54, 1.807) is 11.0 Å². The zero-order valence-corrected chi connectivity index (χ0v) is 10.4. The molecule has 0 aromatic heterocycles. The molecule has 2 rings (SSSR count). The highest BCUT2D eigenvalue weighted by molar-refractivity contribution is 6.30. The van der Waals surface area contributed by atoms with Crippen molar-refractivity contribution in [2.24, 2.45) is 5.16 Å². The van der Waals surface area contributed by atoms with Crippen LogP contribution in [-0.2, 0) is 0 Å². The number of benzene rings is 1. The van der Waals surface area contributed by atoms with E-state index in [0.717, 1.165) is 0 Å². The maximum atomic E-state index is 12.1. The van der Waals surface area contributed by atoms with Crippen LogP contribution in [-0.4, -0.2) is 39.9 Å². The number of phenolic OH excluding ortho intramolecular Hbond substituents is 1. The molecule has 1 fully saturated rings. The molecule has 0 bridgehead atoms. The summed E-state index contributed by atoms with van der Waals surface area (Å²) in [5, 5.41) is 21.9. The fraction of sp³-hybridized carbons (Fsp3) is 0.333. The van der Waals surface area contributed by atoms with Crippen molar-refractivity contribution in [3.8, 4) is 5.75 Å². The number of halogens is 1. The Labute approximate surface area is 109 Å². The molecule has 0 spiro atoms. The van der Waals surface area contributed by atoms with Gasteiger partial charge in [-0.1, -0.05) is 16.8 Å². The lowest BCUT2D eigenvalue weighted by Crippen LogP contribution is -2.38. The van der Waals surface area contributed by atoms with Crippen LogP contribution in [0.4, 0.5) is 0 Å². The lowest BCUT2D eigenvalue weighted by atomic mass is 10.1. The number of nitrogens with zero attached hydrogens (tertiary/aromatic N) is 2. The van der Waals surface area contributed by atoms with Crippen molar-refractivity contribution in [3.05, 3.63) is 28.8 Å². The minimum absolute atomic E-state index is 0.117. The lowest BCUT2D eigenvalue weighted by molar-refractivity contribution is 0.0750. The second-order valence-electron chi connectivity index (χ2n) is 4.12. The number of hydrogen-bond donors (Lipinski definition) is 2. The molecule has 0 atom stereocenters. The van der Waals surface area contributed by atoms with Crippen molar-refractivity contribution in [1.82, 2.24) is 4.90 Å². The van der Waals surface area contributed by atoms with Gasteiger partial charge in [-0.3, -0.25) is 4.79 Å². The molecule has 0 saturated carbocycles. The first-order chi connectivity index (χ1) is 8.61. The molecule has 96 valence electrons. The minimum atomic E-state index is -0.235. The highest BCUT2D eigenvalue weighted by Gasteiger charge is 2.23. The van der Waals surface area contributed by atoms with Crippen molar-refractivity contribution in [2.75, 3.05) is 13.1 Å². The van der Waals surface area contributed by atoms with Gasteiger partial charge in [0.15, 0.2) is 0 Å². The molecule has 1 aliphatic rings. The molecule has 1 aromatic carbocycles. The monoisotopic (exact) mass is 268 g/mol. The number of rotatable bonds is 1. The summed E-state index contributed by atoms with van der Waals surface area (Å²) in [5.41, 5.74) is 0.933. The van der Waals surface area contributed by atoms with Crippen LogP contribution < -0.4 is 0 Å². The van der Waals surface area contributed by atoms with Gasteiger partial charge in [0.1, 0.15) is 5.75 Å². The van der Waals surface area contributed by atoms with Gasteiger partial charge in [-0.25, -0.2) is 0 Å². The standard InChI is InChI=1S/C12H13ClN2O3/c13-8-1-2-10(11(16)7-8)12(17)15-5-3-9(14-18)4-6-15/h1-2,7,16,18H,3-6H2. The Bertz CT molecular complexity index is 492. The van der Waals surface area contributed by atoms with Gasteiger partial charge in [0.2, 0.25) is 0 Å². The number of aromatic hydroxyl groups is 1. The van der Waals surface area contributed by atoms with Crippen LogP contribution in [0.15, 0.2) is 23.4 Å². The van der Waals surface area contributed by atoms with Crippen molar-refractivity contribution in [1.29, 1.82) is 0 Å². The Balaban J connectivity index is 2.12. The van der Waals surface area contributed by atoms with Gasteiger partial charge in [-0.2, -0.15) is 0 Å². The maximum absolute atomic E-state index is 12.1. The molecule has 2 N–H and O–H groups in total. The van der Waals surface area contributed by atoms with E-state index >= 15 is 0 Å². The van der Waals surface area contributed by atoms with Crippen molar-refractivity contribution >= 4 is 23.2 Å². The topological polar surface area (TPSA) is 73.1 Å². The predicted molar refractivity (Wildman–Crippen MR) is 67.5 cm³/mol. The zero-order valence-electron chi connectivity index (χ0n) is 9.64. The fourth-order valence-corrected chi connectivity index (χ4v) is 2.09. The quantitative estimate of drug-likeness (QED) is 0.605. The second kappa shape index (κ2) is 5.27. The molecule has 1 saturated heterocycles. The van der Waals surface area contributed by atoms with Crippen LogP contribution in [0.5, 0.6) is 5.75 Å². The largest absolute Gasteiger partial charge is 0.507 e. The average Bonchev–Trinajstić information content (AvgIpc) is 2.38. The number of oxime groups is 1. The van der Waals surface area contributed by atoms with Gasteiger partial charge in [-0.15, -0.1) is 0 Å². The van der Waals surface area contributed by atoms with E-state index in [1.165, 1.54) is 12.1 Å². The Kier molecular flexibility index (Phi) is 3.72. The molecule has 0 unspecified atom stereocenters. The van der Waals surface area contributed by atoms with Crippen LogP contribution in [0.25, 0.3) is 0 Å². The number of carbonyl (C=O) groups is 1. The number of likely N-dealkylation sites (tertiary alicyclic amines) is 1. The third-order valence-corrected chi connectivity index (χ3v) is 3.19. The van der Waals surface area contributed by atoms with E-state index < -0.39 is 0 Å². The number of phenols is 1. The first-order valence-electron chi connectivity index (χ1n) is 5.59. The molecule has 0 aliphatic carbocycles. The Hall–Kier alpha value is -1.75. The van der Waals surface area contributed by atoms with E-state index in [2.05, 4.69) is 5.16 Å². The summed E-state index contributed by atoms with van der Waals surface area (Å²) in [5.74, 6) is -0.352. The molecule has 18 heavy (non-hydrogen) atoms. The Morgan fingerprint density at radius 2 is 2.00 bits per heavy atom. The van der Waals surface area contributed by atoms with Crippen molar-refractivity contribution in [2.45, 2.75) is 12.8 Å². The summed E-state index contributed by atoms with van der Waals surface area (Å²) in [7, 11) is 0. The second-order valence-corrected chi connectivity index (χ2v) is 4.56. The van der Waals surface area contributed by atoms with Gasteiger partial charge < -0.3 is 15.2 Å². The fourth-order valence-electron chi connectivity index (χ4n) is 1.92. The van der Waals surface area contributed by atoms with Crippen LogP contribution >= 0.6 is 11.6 Å². The van der Waals surface area contributed by atoms with Gasteiger partial charge in [0, 0.05) is 31.0 Å². The van der Waals surface area contributed by atoms with Gasteiger partial charge in [-0.05, 0) is 18.2 Å². The summed E-state index contributed by atoms with van der Waals surface area (Å²) in [6.07, 6.45) is 1.10. The summed E-state index contributed by atoms with van der Waals surface area (Å²) < 4.78 is 0.